The number of allylic oxidation sites excluding steroid dienone is 2. The Balaban J connectivity index is 0.000000299. The number of carbonyl (C=O) groups is 1. The topological polar surface area (TPSA) is 76.2 Å². The Labute approximate surface area is 334 Å². The number of carbonyl (C=O) groups excluding carboxylic acids is 1. The summed E-state index contributed by atoms with van der Waals surface area (Å²) in [5.74, 6) is 0.916. The number of ketones is 1. The first-order valence-corrected chi connectivity index (χ1v) is 19.8. The minimum atomic E-state index is -0.337. The SMILES string of the molecule is CCC(C)(CC)C(=O)/C=C(\O)C(C)(CC)CC.Cc1c(CC(C)C)sc2cc3oc4ncnc(-c5[c-]c6ccccc6c(C(C)(C)C)c5)c4c3cc12.[Ir]. The number of rotatable bonds is 10. The fourth-order valence-corrected chi connectivity index (χ4v) is 8.24. The van der Waals surface area contributed by atoms with E-state index in [9.17, 15) is 9.90 Å². The second-order valence-corrected chi connectivity index (χ2v) is 17.6. The Morgan fingerprint density at radius 2 is 1.55 bits per heavy atom. The van der Waals surface area contributed by atoms with Gasteiger partial charge in [-0.25, -0.2) is 4.98 Å². The molecule has 1 N–H and O–H groups in total. The van der Waals surface area contributed by atoms with Crippen LogP contribution < -0.4 is 0 Å². The van der Waals surface area contributed by atoms with Gasteiger partial charge >= 0.3 is 0 Å². The van der Waals surface area contributed by atoms with Crippen LogP contribution in [0.25, 0.3) is 54.2 Å². The minimum absolute atomic E-state index is 0. The van der Waals surface area contributed by atoms with Gasteiger partial charge in [0.1, 0.15) is 17.7 Å². The van der Waals surface area contributed by atoms with E-state index in [1.807, 2.05) is 52.9 Å². The van der Waals surface area contributed by atoms with Crippen LogP contribution in [0.5, 0.6) is 0 Å². The molecule has 6 rings (SSSR count). The molecule has 3 heterocycles. The Hall–Kier alpha value is -3.38. The average molecular weight is 910 g/mol. The predicted molar refractivity (Wildman–Crippen MR) is 222 cm³/mol. The van der Waals surface area contributed by atoms with Crippen molar-refractivity contribution in [2.45, 2.75) is 121 Å². The summed E-state index contributed by atoms with van der Waals surface area (Å²) in [4.78, 5) is 22.9. The van der Waals surface area contributed by atoms with E-state index in [1.165, 1.54) is 37.6 Å². The summed E-state index contributed by atoms with van der Waals surface area (Å²) in [5.41, 5.74) is 5.39. The molecule has 1 radical (unpaired) electrons. The van der Waals surface area contributed by atoms with Gasteiger partial charge in [-0.3, -0.25) is 9.78 Å². The fourth-order valence-electron chi connectivity index (χ4n) is 6.80. The van der Waals surface area contributed by atoms with Crippen LogP contribution in [-0.2, 0) is 36.7 Å². The maximum absolute atomic E-state index is 12.2. The van der Waals surface area contributed by atoms with Crippen molar-refractivity contribution >= 4 is 60.0 Å². The summed E-state index contributed by atoms with van der Waals surface area (Å²) in [7, 11) is 0. The molecule has 0 aliphatic carbocycles. The molecule has 0 atom stereocenters. The third-order valence-electron chi connectivity index (χ3n) is 11.5. The summed E-state index contributed by atoms with van der Waals surface area (Å²) >= 11 is 1.88. The van der Waals surface area contributed by atoms with Crippen LogP contribution in [0.3, 0.4) is 0 Å². The molecule has 0 aliphatic heterocycles. The molecule has 0 saturated carbocycles. The minimum Gasteiger partial charge on any atom is -0.512 e. The molecular weight excluding hydrogens is 853 g/mol. The zero-order valence-electron chi connectivity index (χ0n) is 33.7. The first kappa shape index (κ1) is 42.4. The van der Waals surface area contributed by atoms with Crippen molar-refractivity contribution in [3.8, 4) is 11.3 Å². The quantitative estimate of drug-likeness (QED) is 0.0842. The van der Waals surface area contributed by atoms with Crippen LogP contribution in [0.2, 0.25) is 0 Å². The molecular formula is C46H57IrN2O3S-. The third kappa shape index (κ3) is 8.48. The number of aliphatic hydroxyl groups is 1. The van der Waals surface area contributed by atoms with E-state index in [2.05, 4.69) is 95.1 Å². The summed E-state index contributed by atoms with van der Waals surface area (Å²) < 4.78 is 7.55. The number of aliphatic hydroxyl groups excluding tert-OH is 1. The maximum Gasteiger partial charge on any atom is 0.223 e. The van der Waals surface area contributed by atoms with E-state index in [0.717, 1.165) is 65.1 Å². The number of hydrogen-bond acceptors (Lipinski definition) is 6. The second-order valence-electron chi connectivity index (χ2n) is 16.4. The van der Waals surface area contributed by atoms with Crippen molar-refractivity contribution < 1.29 is 34.4 Å². The Kier molecular flexibility index (Phi) is 13.2. The van der Waals surface area contributed by atoms with Crippen LogP contribution in [-0.4, -0.2) is 20.9 Å². The van der Waals surface area contributed by atoms with E-state index in [0.29, 0.717) is 11.6 Å². The van der Waals surface area contributed by atoms with Crippen LogP contribution in [0.15, 0.2) is 65.0 Å². The zero-order chi connectivity index (χ0) is 38.2. The van der Waals surface area contributed by atoms with Crippen LogP contribution >= 0.6 is 11.3 Å². The molecule has 285 valence electrons. The maximum atomic E-state index is 12.2. The second kappa shape index (κ2) is 16.5. The van der Waals surface area contributed by atoms with Crippen molar-refractivity contribution in [1.29, 1.82) is 0 Å². The molecule has 0 spiro atoms. The van der Waals surface area contributed by atoms with Gasteiger partial charge < -0.3 is 9.52 Å². The first-order valence-electron chi connectivity index (χ1n) is 19.0. The van der Waals surface area contributed by atoms with Crippen LogP contribution in [0, 0.1) is 29.7 Å². The largest absolute Gasteiger partial charge is 0.512 e. The zero-order valence-corrected chi connectivity index (χ0v) is 36.9. The number of nitrogens with zero attached hydrogens (tertiary/aromatic N) is 2. The Bertz CT molecular complexity index is 2260. The molecule has 0 amide bonds. The molecule has 3 aromatic carbocycles. The fraction of sp³-hybridized carbons (Fsp3) is 0.457. The molecule has 6 aromatic rings. The van der Waals surface area contributed by atoms with Gasteiger partial charge in [-0.15, -0.1) is 40.5 Å². The van der Waals surface area contributed by atoms with Crippen molar-refractivity contribution in [2.75, 3.05) is 0 Å². The molecule has 3 aromatic heterocycles. The predicted octanol–water partition coefficient (Wildman–Crippen LogP) is 13.7. The molecule has 0 saturated heterocycles. The van der Waals surface area contributed by atoms with Gasteiger partial charge in [-0.05, 0) is 73.4 Å². The third-order valence-corrected chi connectivity index (χ3v) is 12.7. The van der Waals surface area contributed by atoms with Gasteiger partial charge in [0, 0.05) is 63.1 Å². The number of hydrogen-bond donors (Lipinski definition) is 1. The summed E-state index contributed by atoms with van der Waals surface area (Å²) in [6, 6.07) is 18.8. The number of aryl methyl sites for hydroxylation is 1. The normalized spacial score (nSPS) is 12.8. The van der Waals surface area contributed by atoms with Crippen molar-refractivity contribution in [2.24, 2.45) is 16.7 Å². The summed E-state index contributed by atoms with van der Waals surface area (Å²) in [5, 5.41) is 15.8. The van der Waals surface area contributed by atoms with Gasteiger partial charge in [0.2, 0.25) is 5.71 Å². The van der Waals surface area contributed by atoms with E-state index < -0.39 is 0 Å². The van der Waals surface area contributed by atoms with Gasteiger partial charge in [-0.1, -0.05) is 105 Å². The van der Waals surface area contributed by atoms with Gasteiger partial charge in [0.05, 0.1) is 0 Å². The molecule has 53 heavy (non-hydrogen) atoms. The van der Waals surface area contributed by atoms with Crippen molar-refractivity contribution in [3.05, 3.63) is 82.7 Å². The smallest absolute Gasteiger partial charge is 0.223 e. The molecule has 0 bridgehead atoms. The van der Waals surface area contributed by atoms with Crippen LogP contribution in [0.4, 0.5) is 0 Å². The Morgan fingerprint density at radius 3 is 2.15 bits per heavy atom. The monoisotopic (exact) mass is 910 g/mol. The standard InChI is InChI=1S/C31H29N2OS.C15H28O2.Ir/c1-17(2)11-26-18(3)22-14-23-25(15-27(22)35-26)34-30-28(23)29(32-16-33-30)20-12-19-9-7-8-10-21(19)24(13-20)31(4,5)6;1-7-14(5,8-2)12(16)11-13(17)15(6,9-3)10-4;/h7-10,13-17H,11H2,1-6H3;11,16H,7-10H2,1-6H3;/q-1;;/b;12-11-;. The number of furan rings is 1. The van der Waals surface area contributed by atoms with Crippen LogP contribution in [0.1, 0.15) is 118 Å². The van der Waals surface area contributed by atoms with E-state index in [1.54, 1.807) is 6.33 Å². The van der Waals surface area contributed by atoms with Crippen molar-refractivity contribution in [3.63, 3.8) is 0 Å². The molecule has 0 unspecified atom stereocenters. The van der Waals surface area contributed by atoms with E-state index in [4.69, 9.17) is 9.40 Å². The summed E-state index contributed by atoms with van der Waals surface area (Å²) in [6.07, 6.45) is 7.46. The van der Waals surface area contributed by atoms with Gasteiger partial charge in [0.15, 0.2) is 5.78 Å². The molecule has 0 fully saturated rings. The Morgan fingerprint density at radius 1 is 0.906 bits per heavy atom. The molecule has 5 nitrogen and oxygen atoms in total. The molecule has 7 heteroatoms. The number of fused-ring (bicyclic) bond motifs is 5. The number of benzene rings is 3. The average Bonchev–Trinajstić information content (AvgIpc) is 3.64. The van der Waals surface area contributed by atoms with Crippen molar-refractivity contribution in [1.82, 2.24) is 9.97 Å². The van der Waals surface area contributed by atoms with Gasteiger partial charge in [-0.2, -0.15) is 0 Å². The molecule has 0 aliphatic rings. The van der Waals surface area contributed by atoms with E-state index in [-0.39, 0.29) is 47.9 Å². The number of aromatic nitrogens is 2. The summed E-state index contributed by atoms with van der Waals surface area (Å²) in [6.45, 7) is 25.6. The first-order chi connectivity index (χ1) is 24.5. The van der Waals surface area contributed by atoms with E-state index >= 15 is 0 Å². The number of thiophene rings is 1. The van der Waals surface area contributed by atoms with Gasteiger partial charge in [0.25, 0.3) is 0 Å².